The molecule has 0 spiro atoms. The van der Waals surface area contributed by atoms with Crippen LogP contribution in [0.1, 0.15) is 41.8 Å². The van der Waals surface area contributed by atoms with Gasteiger partial charge in [-0.3, -0.25) is 9.69 Å². The third-order valence-corrected chi connectivity index (χ3v) is 6.46. The largest absolute Gasteiger partial charge is 0.496 e. The first-order chi connectivity index (χ1) is 16.0. The molecule has 1 aliphatic heterocycles. The van der Waals surface area contributed by atoms with Gasteiger partial charge in [-0.1, -0.05) is 54.4 Å². The molecule has 3 aromatic rings. The number of aryl methyl sites for hydroxylation is 1. The van der Waals surface area contributed by atoms with Crippen molar-refractivity contribution in [2.24, 2.45) is 0 Å². The first kappa shape index (κ1) is 23.5. The Morgan fingerprint density at radius 1 is 1.12 bits per heavy atom. The van der Waals surface area contributed by atoms with Crippen molar-refractivity contribution in [1.82, 2.24) is 25.0 Å². The summed E-state index contributed by atoms with van der Waals surface area (Å²) in [5.74, 6) is 1.37. The summed E-state index contributed by atoms with van der Waals surface area (Å²) in [4.78, 5) is 19.7. The Labute approximate surface area is 203 Å². The summed E-state index contributed by atoms with van der Waals surface area (Å²) >= 11 is 12.7. The van der Waals surface area contributed by atoms with E-state index in [9.17, 15) is 4.79 Å². The SMILES string of the molecule is CCc1nc(C(=O)NC2CCN(Cc3ccccc3OC)CC2)nn1-c1c(Cl)cccc1Cl. The van der Waals surface area contributed by atoms with Crippen molar-refractivity contribution in [3.05, 3.63) is 69.7 Å². The minimum Gasteiger partial charge on any atom is -0.496 e. The molecule has 1 amide bonds. The number of nitrogens with zero attached hydrogens (tertiary/aromatic N) is 4. The molecule has 2 heterocycles. The van der Waals surface area contributed by atoms with Gasteiger partial charge in [0.2, 0.25) is 5.82 Å². The van der Waals surface area contributed by atoms with Crippen LogP contribution < -0.4 is 10.1 Å². The van der Waals surface area contributed by atoms with E-state index in [1.54, 1.807) is 30.0 Å². The van der Waals surface area contributed by atoms with Crippen LogP contribution in [0, 0.1) is 0 Å². The molecule has 174 valence electrons. The molecule has 0 unspecified atom stereocenters. The molecule has 9 heteroatoms. The van der Waals surface area contributed by atoms with Crippen molar-refractivity contribution in [2.45, 2.75) is 38.8 Å². The van der Waals surface area contributed by atoms with Crippen molar-refractivity contribution < 1.29 is 9.53 Å². The number of likely N-dealkylation sites (tertiary alicyclic amines) is 1. The molecule has 0 atom stereocenters. The van der Waals surface area contributed by atoms with Crippen molar-refractivity contribution in [1.29, 1.82) is 0 Å². The third kappa shape index (κ3) is 5.32. The molecule has 1 saturated heterocycles. The Morgan fingerprint density at radius 3 is 2.48 bits per heavy atom. The summed E-state index contributed by atoms with van der Waals surface area (Å²) in [6.45, 7) is 4.56. The molecule has 0 aliphatic carbocycles. The number of halogens is 2. The Bertz CT molecular complexity index is 1110. The van der Waals surface area contributed by atoms with Gasteiger partial charge < -0.3 is 10.1 Å². The van der Waals surface area contributed by atoms with Crippen LogP contribution >= 0.6 is 23.2 Å². The number of nitrogens with one attached hydrogen (secondary N) is 1. The van der Waals surface area contributed by atoms with Gasteiger partial charge in [-0.2, -0.15) is 0 Å². The predicted molar refractivity (Wildman–Crippen MR) is 130 cm³/mol. The zero-order valence-electron chi connectivity index (χ0n) is 18.7. The van der Waals surface area contributed by atoms with Gasteiger partial charge >= 0.3 is 0 Å². The highest BCUT2D eigenvalue weighted by atomic mass is 35.5. The zero-order valence-corrected chi connectivity index (χ0v) is 20.2. The number of amides is 1. The van der Waals surface area contributed by atoms with E-state index in [0.29, 0.717) is 28.0 Å². The summed E-state index contributed by atoms with van der Waals surface area (Å²) in [5.41, 5.74) is 1.71. The molecular weight excluding hydrogens is 461 g/mol. The average Bonchev–Trinajstić information content (AvgIpc) is 3.25. The smallest absolute Gasteiger partial charge is 0.291 e. The Hall–Kier alpha value is -2.61. The number of methoxy groups -OCH3 is 1. The Morgan fingerprint density at radius 2 is 1.82 bits per heavy atom. The van der Waals surface area contributed by atoms with E-state index in [1.165, 1.54) is 5.56 Å². The zero-order chi connectivity index (χ0) is 23.4. The van der Waals surface area contributed by atoms with E-state index in [1.807, 2.05) is 25.1 Å². The second kappa shape index (κ2) is 10.5. The lowest BCUT2D eigenvalue weighted by Gasteiger charge is -2.32. The first-order valence-electron chi connectivity index (χ1n) is 11.1. The first-order valence-corrected chi connectivity index (χ1v) is 11.8. The molecule has 0 bridgehead atoms. The van der Waals surface area contributed by atoms with Gasteiger partial charge in [0.05, 0.1) is 17.2 Å². The number of carbonyl (C=O) groups is 1. The standard InChI is InChI=1S/C24H27Cl2N5O2/c1-3-21-28-23(29-31(21)22-18(25)8-6-9-19(22)26)24(32)27-17-11-13-30(14-12-17)15-16-7-4-5-10-20(16)33-2/h4-10,17H,3,11-15H2,1-2H3,(H,27,32). The number of ether oxygens (including phenoxy) is 1. The van der Waals surface area contributed by atoms with Crippen molar-refractivity contribution in [3.8, 4) is 11.4 Å². The normalized spacial score (nSPS) is 14.9. The van der Waals surface area contributed by atoms with Crippen LogP contribution in [0.15, 0.2) is 42.5 Å². The van der Waals surface area contributed by atoms with E-state index < -0.39 is 0 Å². The van der Waals surface area contributed by atoms with E-state index in [0.717, 1.165) is 38.2 Å². The van der Waals surface area contributed by atoms with Crippen LogP contribution in [0.4, 0.5) is 0 Å². The lowest BCUT2D eigenvalue weighted by Crippen LogP contribution is -2.44. The topological polar surface area (TPSA) is 72.3 Å². The highest BCUT2D eigenvalue weighted by molar-refractivity contribution is 6.37. The maximum Gasteiger partial charge on any atom is 0.291 e. The summed E-state index contributed by atoms with van der Waals surface area (Å²) in [5, 5.41) is 8.43. The molecule has 1 aromatic heterocycles. The second-order valence-corrected chi connectivity index (χ2v) is 8.84. The maximum absolute atomic E-state index is 12.9. The Kier molecular flexibility index (Phi) is 7.53. The molecule has 1 N–H and O–H groups in total. The van der Waals surface area contributed by atoms with E-state index >= 15 is 0 Å². The van der Waals surface area contributed by atoms with Crippen LogP contribution in [0.3, 0.4) is 0 Å². The number of hydrogen-bond donors (Lipinski definition) is 1. The van der Waals surface area contributed by atoms with Gasteiger partial charge in [0, 0.05) is 37.7 Å². The quantitative estimate of drug-likeness (QED) is 0.529. The second-order valence-electron chi connectivity index (χ2n) is 8.02. The summed E-state index contributed by atoms with van der Waals surface area (Å²) in [6.07, 6.45) is 2.31. The number of piperidine rings is 1. The van der Waals surface area contributed by atoms with Gasteiger partial charge in [0.25, 0.3) is 5.91 Å². The molecule has 7 nitrogen and oxygen atoms in total. The summed E-state index contributed by atoms with van der Waals surface area (Å²) < 4.78 is 7.03. The summed E-state index contributed by atoms with van der Waals surface area (Å²) in [7, 11) is 1.69. The van der Waals surface area contributed by atoms with Crippen LogP contribution in [-0.2, 0) is 13.0 Å². The molecule has 0 saturated carbocycles. The van der Waals surface area contributed by atoms with E-state index in [-0.39, 0.29) is 17.8 Å². The van der Waals surface area contributed by atoms with E-state index in [2.05, 4.69) is 26.4 Å². The van der Waals surface area contributed by atoms with Gasteiger partial charge in [-0.05, 0) is 31.0 Å². The van der Waals surface area contributed by atoms with Crippen LogP contribution in [0.2, 0.25) is 10.0 Å². The van der Waals surface area contributed by atoms with Crippen molar-refractivity contribution >= 4 is 29.1 Å². The number of hydrogen-bond acceptors (Lipinski definition) is 5. The van der Waals surface area contributed by atoms with Crippen LogP contribution in [0.25, 0.3) is 5.69 Å². The average molecular weight is 488 g/mol. The predicted octanol–water partition coefficient (Wildman–Crippen LogP) is 4.54. The molecule has 0 radical (unpaired) electrons. The maximum atomic E-state index is 12.9. The van der Waals surface area contributed by atoms with Crippen LogP contribution in [-0.4, -0.2) is 51.8 Å². The minimum absolute atomic E-state index is 0.0762. The molecule has 2 aromatic carbocycles. The lowest BCUT2D eigenvalue weighted by atomic mass is 10.0. The molecule has 1 fully saturated rings. The third-order valence-electron chi connectivity index (χ3n) is 5.85. The molecular formula is C24H27Cl2N5O2. The molecule has 33 heavy (non-hydrogen) atoms. The number of para-hydroxylation sites is 2. The molecule has 4 rings (SSSR count). The fourth-order valence-corrected chi connectivity index (χ4v) is 4.66. The minimum atomic E-state index is -0.283. The monoisotopic (exact) mass is 487 g/mol. The number of benzene rings is 2. The fourth-order valence-electron chi connectivity index (χ4n) is 4.10. The Balaban J connectivity index is 1.39. The van der Waals surface area contributed by atoms with Gasteiger partial charge in [-0.25, -0.2) is 9.67 Å². The van der Waals surface area contributed by atoms with E-state index in [4.69, 9.17) is 27.9 Å². The lowest BCUT2D eigenvalue weighted by molar-refractivity contribution is 0.0898. The van der Waals surface area contributed by atoms with Crippen molar-refractivity contribution in [2.75, 3.05) is 20.2 Å². The highest BCUT2D eigenvalue weighted by Gasteiger charge is 2.25. The fraction of sp³-hybridized carbons (Fsp3) is 0.375. The van der Waals surface area contributed by atoms with Gasteiger partial charge in [-0.15, -0.1) is 5.10 Å². The molecule has 1 aliphatic rings. The highest BCUT2D eigenvalue weighted by Crippen LogP contribution is 2.29. The van der Waals surface area contributed by atoms with Gasteiger partial charge in [0.1, 0.15) is 17.3 Å². The van der Waals surface area contributed by atoms with Crippen molar-refractivity contribution in [3.63, 3.8) is 0 Å². The number of carbonyl (C=O) groups excluding carboxylic acids is 1. The number of rotatable bonds is 7. The number of aromatic nitrogens is 3. The van der Waals surface area contributed by atoms with Gasteiger partial charge in [0.15, 0.2) is 0 Å². The van der Waals surface area contributed by atoms with Crippen LogP contribution in [0.5, 0.6) is 5.75 Å². The summed E-state index contributed by atoms with van der Waals surface area (Å²) in [6, 6.07) is 13.4.